The number of nitrogens with one attached hydrogen (secondary N) is 1. The van der Waals surface area contributed by atoms with E-state index in [2.05, 4.69) is 5.32 Å². The highest BCUT2D eigenvalue weighted by molar-refractivity contribution is 6.34. The van der Waals surface area contributed by atoms with Crippen LogP contribution in [0.1, 0.15) is 19.3 Å². The van der Waals surface area contributed by atoms with E-state index in [1.54, 1.807) is 4.90 Å². The number of nitrogens with zero attached hydrogens (tertiary/aromatic N) is 2. The molecule has 0 bridgehead atoms. The Morgan fingerprint density at radius 2 is 1.72 bits per heavy atom. The molecule has 2 amide bonds. The van der Waals surface area contributed by atoms with Crippen molar-refractivity contribution in [2.75, 3.05) is 39.3 Å². The van der Waals surface area contributed by atoms with Crippen LogP contribution in [-0.4, -0.2) is 72.1 Å². The van der Waals surface area contributed by atoms with E-state index in [1.807, 2.05) is 0 Å². The fourth-order valence-corrected chi connectivity index (χ4v) is 2.46. The number of piperidine rings is 1. The van der Waals surface area contributed by atoms with Crippen molar-refractivity contribution in [2.24, 2.45) is 0 Å². The summed E-state index contributed by atoms with van der Waals surface area (Å²) in [5.41, 5.74) is 0. The van der Waals surface area contributed by atoms with Crippen molar-refractivity contribution < 1.29 is 14.7 Å². The number of aliphatic hydroxyl groups excluding tert-OH is 1. The van der Waals surface area contributed by atoms with Crippen LogP contribution in [0.15, 0.2) is 0 Å². The molecule has 0 radical (unpaired) electrons. The zero-order valence-electron chi connectivity index (χ0n) is 10.6. The first-order valence-electron chi connectivity index (χ1n) is 6.65. The fourth-order valence-electron chi connectivity index (χ4n) is 2.46. The second-order valence-electron chi connectivity index (χ2n) is 4.94. The molecule has 102 valence electrons. The minimum atomic E-state index is -0.485. The van der Waals surface area contributed by atoms with Gasteiger partial charge >= 0.3 is 11.8 Å². The number of likely N-dealkylation sites (tertiary alicyclic amines) is 1. The van der Waals surface area contributed by atoms with E-state index >= 15 is 0 Å². The first-order valence-corrected chi connectivity index (χ1v) is 6.65. The number of β-amino-alcohol motifs (C(OH)–C–C–N with tert-alkyl or cyclic N) is 1. The number of aliphatic hydroxyl groups is 1. The van der Waals surface area contributed by atoms with Gasteiger partial charge in [0, 0.05) is 32.7 Å². The molecule has 2 saturated heterocycles. The summed E-state index contributed by atoms with van der Waals surface area (Å²) in [6.45, 7) is 3.71. The second kappa shape index (κ2) is 6.15. The number of carbonyl (C=O) groups excluding carboxylic acids is 2. The average Bonchev–Trinajstić information content (AvgIpc) is 2.66. The summed E-state index contributed by atoms with van der Waals surface area (Å²) in [5, 5.41) is 12.7. The van der Waals surface area contributed by atoms with Gasteiger partial charge < -0.3 is 20.2 Å². The van der Waals surface area contributed by atoms with Crippen molar-refractivity contribution in [1.29, 1.82) is 0 Å². The van der Waals surface area contributed by atoms with E-state index in [9.17, 15) is 14.7 Å². The molecular formula is C12H21N3O3. The molecule has 6 nitrogen and oxygen atoms in total. The molecule has 0 saturated carbocycles. The third-order valence-corrected chi connectivity index (χ3v) is 3.49. The first-order chi connectivity index (χ1) is 8.68. The SMILES string of the molecule is O=C(C(=O)N1CCCC(O)C1)N1CCCNCC1. The number of hydrogen-bond acceptors (Lipinski definition) is 4. The van der Waals surface area contributed by atoms with Crippen LogP contribution in [0, 0.1) is 0 Å². The minimum Gasteiger partial charge on any atom is -0.391 e. The number of carbonyl (C=O) groups is 2. The van der Waals surface area contributed by atoms with E-state index in [4.69, 9.17) is 0 Å². The maximum absolute atomic E-state index is 12.1. The largest absolute Gasteiger partial charge is 0.391 e. The van der Waals surface area contributed by atoms with Gasteiger partial charge in [0.25, 0.3) is 0 Å². The predicted molar refractivity (Wildman–Crippen MR) is 65.9 cm³/mol. The van der Waals surface area contributed by atoms with Crippen molar-refractivity contribution in [2.45, 2.75) is 25.4 Å². The zero-order chi connectivity index (χ0) is 13.0. The molecule has 18 heavy (non-hydrogen) atoms. The molecule has 2 aliphatic rings. The van der Waals surface area contributed by atoms with Crippen LogP contribution in [0.5, 0.6) is 0 Å². The smallest absolute Gasteiger partial charge is 0.312 e. The van der Waals surface area contributed by atoms with E-state index in [1.165, 1.54) is 4.90 Å². The molecule has 2 heterocycles. The van der Waals surface area contributed by atoms with Crippen molar-refractivity contribution in [3.63, 3.8) is 0 Å². The van der Waals surface area contributed by atoms with Crippen LogP contribution in [0.25, 0.3) is 0 Å². The standard InChI is InChI=1S/C12H21N3O3/c16-10-3-1-6-15(9-10)12(18)11(17)14-7-2-4-13-5-8-14/h10,13,16H,1-9H2. The Morgan fingerprint density at radius 3 is 2.50 bits per heavy atom. The molecule has 0 aromatic rings. The highest BCUT2D eigenvalue weighted by Crippen LogP contribution is 2.11. The van der Waals surface area contributed by atoms with Crippen molar-refractivity contribution in [1.82, 2.24) is 15.1 Å². The van der Waals surface area contributed by atoms with Gasteiger partial charge in [0.1, 0.15) is 0 Å². The Hall–Kier alpha value is -1.14. The summed E-state index contributed by atoms with van der Waals surface area (Å²) >= 11 is 0. The fraction of sp³-hybridized carbons (Fsp3) is 0.833. The Morgan fingerprint density at radius 1 is 1.00 bits per heavy atom. The van der Waals surface area contributed by atoms with Crippen molar-refractivity contribution in [3.05, 3.63) is 0 Å². The van der Waals surface area contributed by atoms with Crippen LogP contribution < -0.4 is 5.32 Å². The second-order valence-corrected chi connectivity index (χ2v) is 4.94. The van der Waals surface area contributed by atoms with Crippen LogP contribution in [0.4, 0.5) is 0 Å². The molecule has 0 aromatic heterocycles. The van der Waals surface area contributed by atoms with E-state index in [-0.39, 0.29) is 6.54 Å². The van der Waals surface area contributed by atoms with Crippen LogP contribution >= 0.6 is 0 Å². The van der Waals surface area contributed by atoms with Crippen LogP contribution in [-0.2, 0) is 9.59 Å². The molecule has 0 aromatic carbocycles. The first kappa shape index (κ1) is 13.3. The Balaban J connectivity index is 1.92. The van der Waals surface area contributed by atoms with Crippen molar-refractivity contribution in [3.8, 4) is 0 Å². The normalized spacial score (nSPS) is 25.7. The summed E-state index contributed by atoms with van der Waals surface area (Å²) in [4.78, 5) is 27.2. The summed E-state index contributed by atoms with van der Waals surface area (Å²) in [7, 11) is 0. The lowest BCUT2D eigenvalue weighted by molar-refractivity contribution is -0.153. The highest BCUT2D eigenvalue weighted by Gasteiger charge is 2.30. The van der Waals surface area contributed by atoms with E-state index < -0.39 is 17.9 Å². The van der Waals surface area contributed by atoms with Gasteiger partial charge in [0.2, 0.25) is 0 Å². The summed E-state index contributed by atoms with van der Waals surface area (Å²) < 4.78 is 0. The van der Waals surface area contributed by atoms with E-state index in [0.717, 1.165) is 25.9 Å². The van der Waals surface area contributed by atoms with Gasteiger partial charge in [-0.25, -0.2) is 0 Å². The summed E-state index contributed by atoms with van der Waals surface area (Å²) in [5.74, 6) is -0.886. The lowest BCUT2D eigenvalue weighted by atomic mass is 10.1. The quantitative estimate of drug-likeness (QED) is 0.533. The van der Waals surface area contributed by atoms with Gasteiger partial charge in [-0.3, -0.25) is 9.59 Å². The molecule has 2 rings (SSSR count). The van der Waals surface area contributed by atoms with Gasteiger partial charge in [-0.2, -0.15) is 0 Å². The molecule has 1 atom stereocenters. The third-order valence-electron chi connectivity index (χ3n) is 3.49. The molecule has 2 N–H and O–H groups in total. The Bertz CT molecular complexity index is 302. The average molecular weight is 255 g/mol. The van der Waals surface area contributed by atoms with Crippen molar-refractivity contribution >= 4 is 11.8 Å². The third kappa shape index (κ3) is 3.20. The highest BCUT2D eigenvalue weighted by atomic mass is 16.3. The molecule has 0 aliphatic carbocycles. The maximum Gasteiger partial charge on any atom is 0.312 e. The lowest BCUT2D eigenvalue weighted by Gasteiger charge is -2.31. The Kier molecular flexibility index (Phi) is 4.54. The van der Waals surface area contributed by atoms with Gasteiger partial charge in [0.15, 0.2) is 0 Å². The maximum atomic E-state index is 12.1. The molecule has 2 fully saturated rings. The summed E-state index contributed by atoms with van der Waals surface area (Å²) in [6, 6.07) is 0. The van der Waals surface area contributed by atoms with Crippen LogP contribution in [0.2, 0.25) is 0 Å². The molecule has 0 spiro atoms. The molecular weight excluding hydrogens is 234 g/mol. The minimum absolute atomic E-state index is 0.288. The number of amides is 2. The molecule has 6 heteroatoms. The Labute approximate surface area is 107 Å². The molecule has 1 unspecified atom stereocenters. The summed E-state index contributed by atoms with van der Waals surface area (Å²) in [6.07, 6.45) is 1.87. The van der Waals surface area contributed by atoms with E-state index in [0.29, 0.717) is 26.1 Å². The topological polar surface area (TPSA) is 72.9 Å². The lowest BCUT2D eigenvalue weighted by Crippen LogP contribution is -2.50. The van der Waals surface area contributed by atoms with Gasteiger partial charge in [-0.1, -0.05) is 0 Å². The van der Waals surface area contributed by atoms with Gasteiger partial charge in [-0.05, 0) is 25.8 Å². The molecule has 2 aliphatic heterocycles. The van der Waals surface area contributed by atoms with Crippen LogP contribution in [0.3, 0.4) is 0 Å². The van der Waals surface area contributed by atoms with Gasteiger partial charge in [0.05, 0.1) is 6.10 Å². The zero-order valence-corrected chi connectivity index (χ0v) is 10.6. The predicted octanol–water partition coefficient (Wildman–Crippen LogP) is -1.21. The number of rotatable bonds is 0. The van der Waals surface area contributed by atoms with Gasteiger partial charge in [-0.15, -0.1) is 0 Å². The number of hydrogen-bond donors (Lipinski definition) is 2. The monoisotopic (exact) mass is 255 g/mol.